The summed E-state index contributed by atoms with van der Waals surface area (Å²) >= 11 is 7.59. The molecule has 1 atom stereocenters. The summed E-state index contributed by atoms with van der Waals surface area (Å²) in [7, 11) is 1.92. The predicted octanol–water partition coefficient (Wildman–Crippen LogP) is 4.95. The lowest BCUT2D eigenvalue weighted by atomic mass is 9.97. The minimum absolute atomic E-state index is 0.0928. The highest BCUT2D eigenvalue weighted by molar-refractivity contribution is 7.22. The molecule has 2 aromatic heterocycles. The number of Topliss-reactive ketones (excluding diaryl/α,β-unsaturated/α-hetero) is 1. The Bertz CT molecular complexity index is 1400. The molecule has 0 spiro atoms. The number of carbonyl (C=O) groups excluding carboxylic acids is 1. The first-order valence-corrected chi connectivity index (χ1v) is 12.3. The molecule has 0 bridgehead atoms. The maximum Gasteiger partial charge on any atom is 0.304 e. The summed E-state index contributed by atoms with van der Waals surface area (Å²) in [6, 6.07) is 11.2. The number of imidazole rings is 1. The lowest BCUT2D eigenvalue weighted by Gasteiger charge is -2.14. The number of carboxylic acids is 1. The first-order valence-electron chi connectivity index (χ1n) is 11.1. The van der Waals surface area contributed by atoms with Crippen LogP contribution < -0.4 is 5.32 Å². The second-order valence-corrected chi connectivity index (χ2v) is 10.1. The number of fused-ring (bicyclic) bond motifs is 2. The number of ketones is 1. The fraction of sp³-hybridized carbons (Fsp3) is 0.333. The van der Waals surface area contributed by atoms with Crippen LogP contribution in [0.2, 0.25) is 5.02 Å². The molecule has 176 valence electrons. The predicted molar refractivity (Wildman–Crippen MR) is 134 cm³/mol. The maximum absolute atomic E-state index is 12.9. The Morgan fingerprint density at radius 2 is 2.06 bits per heavy atom. The van der Waals surface area contributed by atoms with Gasteiger partial charge < -0.3 is 19.9 Å². The van der Waals surface area contributed by atoms with E-state index in [1.165, 1.54) is 11.3 Å². The van der Waals surface area contributed by atoms with Gasteiger partial charge in [-0.3, -0.25) is 9.59 Å². The second-order valence-electron chi connectivity index (χ2n) is 8.68. The first-order chi connectivity index (χ1) is 16.4. The lowest BCUT2D eigenvalue weighted by Crippen LogP contribution is -2.24. The molecular weight excluding hydrogens is 474 g/mol. The van der Waals surface area contributed by atoms with Crippen LogP contribution in [-0.2, 0) is 11.8 Å². The molecule has 5 rings (SSSR count). The fourth-order valence-electron chi connectivity index (χ4n) is 4.45. The van der Waals surface area contributed by atoms with Crippen molar-refractivity contribution in [2.24, 2.45) is 13.0 Å². The Kier molecular flexibility index (Phi) is 6.24. The van der Waals surface area contributed by atoms with Gasteiger partial charge in [-0.15, -0.1) is 0 Å². The molecule has 8 nitrogen and oxygen atoms in total. The van der Waals surface area contributed by atoms with Gasteiger partial charge in [-0.2, -0.15) is 0 Å². The number of thiazole rings is 1. The number of nitrogens with zero attached hydrogens (tertiary/aromatic N) is 4. The van der Waals surface area contributed by atoms with Gasteiger partial charge in [-0.25, -0.2) is 9.97 Å². The molecule has 2 aromatic carbocycles. The van der Waals surface area contributed by atoms with Gasteiger partial charge in [-0.1, -0.05) is 22.9 Å². The molecule has 1 fully saturated rings. The summed E-state index contributed by atoms with van der Waals surface area (Å²) in [5, 5.41) is 13.6. The smallest absolute Gasteiger partial charge is 0.304 e. The normalized spacial score (nSPS) is 16.5. The van der Waals surface area contributed by atoms with Crippen LogP contribution in [0.15, 0.2) is 36.4 Å². The second kappa shape index (κ2) is 9.32. The van der Waals surface area contributed by atoms with E-state index in [1.807, 2.05) is 48.0 Å². The van der Waals surface area contributed by atoms with Gasteiger partial charge in [0.15, 0.2) is 10.9 Å². The third-order valence-corrected chi connectivity index (χ3v) is 7.43. The van der Waals surface area contributed by atoms with Gasteiger partial charge in [0.25, 0.3) is 0 Å². The zero-order valence-electron chi connectivity index (χ0n) is 18.6. The number of aliphatic carboxylic acids is 1. The van der Waals surface area contributed by atoms with Gasteiger partial charge in [-0.05, 0) is 55.3 Å². The molecule has 0 aliphatic carbocycles. The summed E-state index contributed by atoms with van der Waals surface area (Å²) in [4.78, 5) is 35.2. The maximum atomic E-state index is 12.9. The van der Waals surface area contributed by atoms with E-state index in [2.05, 4.69) is 15.2 Å². The molecule has 1 unspecified atom stereocenters. The van der Waals surface area contributed by atoms with E-state index in [0.717, 1.165) is 45.9 Å². The van der Waals surface area contributed by atoms with Crippen molar-refractivity contribution in [3.8, 4) is 0 Å². The molecule has 0 amide bonds. The number of likely N-dealkylation sites (tertiary alicyclic amines) is 1. The van der Waals surface area contributed by atoms with Crippen molar-refractivity contribution in [3.05, 3.63) is 47.0 Å². The van der Waals surface area contributed by atoms with Crippen molar-refractivity contribution < 1.29 is 14.7 Å². The summed E-state index contributed by atoms with van der Waals surface area (Å²) in [5.41, 5.74) is 3.19. The van der Waals surface area contributed by atoms with Crippen molar-refractivity contribution in [2.75, 3.05) is 25.0 Å². The van der Waals surface area contributed by atoms with Gasteiger partial charge in [0.2, 0.25) is 5.95 Å². The van der Waals surface area contributed by atoms with E-state index >= 15 is 0 Å². The third kappa shape index (κ3) is 4.77. The first kappa shape index (κ1) is 22.8. The zero-order valence-corrected chi connectivity index (χ0v) is 20.2. The number of anilines is 2. The highest BCUT2D eigenvalue weighted by Gasteiger charge is 2.25. The minimum Gasteiger partial charge on any atom is -0.481 e. The van der Waals surface area contributed by atoms with E-state index in [0.29, 0.717) is 29.5 Å². The Balaban J connectivity index is 1.29. The lowest BCUT2D eigenvalue weighted by molar-refractivity contribution is -0.137. The SMILES string of the molecule is Cn1c(Nc2nc3ccc(Cl)cc3s2)nc2cc(C(=O)CC3CCN(CCC(=O)O)C3)ccc21. The average molecular weight is 498 g/mol. The molecular formula is C24H24ClN5O3S. The number of hydrogen-bond acceptors (Lipinski definition) is 7. The molecule has 0 radical (unpaired) electrons. The van der Waals surface area contributed by atoms with Gasteiger partial charge in [0.1, 0.15) is 0 Å². The monoisotopic (exact) mass is 497 g/mol. The van der Waals surface area contributed by atoms with E-state index < -0.39 is 5.97 Å². The summed E-state index contributed by atoms with van der Waals surface area (Å²) in [6.07, 6.45) is 1.51. The molecule has 1 aliphatic heterocycles. The van der Waals surface area contributed by atoms with Crippen LogP contribution in [0.5, 0.6) is 0 Å². The Labute approximate surface area is 205 Å². The Morgan fingerprint density at radius 3 is 2.88 bits per heavy atom. The van der Waals surface area contributed by atoms with Crippen LogP contribution in [0.3, 0.4) is 0 Å². The fourth-order valence-corrected chi connectivity index (χ4v) is 5.58. The highest BCUT2D eigenvalue weighted by atomic mass is 35.5. The number of hydrogen-bond donors (Lipinski definition) is 2. The molecule has 4 aromatic rings. The van der Waals surface area contributed by atoms with Crippen LogP contribution in [0.1, 0.15) is 29.6 Å². The van der Waals surface area contributed by atoms with Crippen LogP contribution in [-0.4, -0.2) is 55.9 Å². The molecule has 3 heterocycles. The highest BCUT2D eigenvalue weighted by Crippen LogP contribution is 2.31. The van der Waals surface area contributed by atoms with Crippen LogP contribution in [0.25, 0.3) is 21.3 Å². The van der Waals surface area contributed by atoms with E-state index in [4.69, 9.17) is 21.7 Å². The number of aryl methyl sites for hydroxylation is 1. The number of nitrogens with one attached hydrogen (secondary N) is 1. The van der Waals surface area contributed by atoms with Crippen molar-refractivity contribution in [1.29, 1.82) is 0 Å². The molecule has 2 N–H and O–H groups in total. The molecule has 10 heteroatoms. The van der Waals surface area contributed by atoms with Crippen molar-refractivity contribution >= 4 is 67.0 Å². The van der Waals surface area contributed by atoms with Crippen molar-refractivity contribution in [3.63, 3.8) is 0 Å². The largest absolute Gasteiger partial charge is 0.481 e. The third-order valence-electron chi connectivity index (χ3n) is 6.26. The number of benzene rings is 2. The molecule has 1 saturated heterocycles. The summed E-state index contributed by atoms with van der Waals surface area (Å²) in [5.74, 6) is 0.208. The van der Waals surface area contributed by atoms with Gasteiger partial charge >= 0.3 is 5.97 Å². The molecule has 1 aliphatic rings. The van der Waals surface area contributed by atoms with E-state index in [1.54, 1.807) is 0 Å². The van der Waals surface area contributed by atoms with Crippen molar-refractivity contribution in [1.82, 2.24) is 19.4 Å². The summed E-state index contributed by atoms with van der Waals surface area (Å²) in [6.45, 7) is 2.15. The number of carboxylic acid groups (broad SMARTS) is 1. The van der Waals surface area contributed by atoms with Crippen LogP contribution in [0, 0.1) is 5.92 Å². The number of halogens is 1. The topological polar surface area (TPSA) is 100 Å². The Hall–Kier alpha value is -3.01. The van der Waals surface area contributed by atoms with Crippen molar-refractivity contribution in [2.45, 2.75) is 19.3 Å². The molecule has 34 heavy (non-hydrogen) atoms. The quantitative estimate of drug-likeness (QED) is 0.332. The Morgan fingerprint density at radius 1 is 1.21 bits per heavy atom. The van der Waals surface area contributed by atoms with Crippen LogP contribution >= 0.6 is 22.9 Å². The van der Waals surface area contributed by atoms with Gasteiger partial charge in [0.05, 0.1) is 27.7 Å². The standard InChI is InChI=1S/C24H24ClN5O3S/c1-29-19-5-2-15(20(31)10-14-6-8-30(13-14)9-7-22(32)33)11-18(19)26-23(29)28-24-27-17-4-3-16(25)12-21(17)34-24/h2-5,11-12,14H,6-10,13H2,1H3,(H,32,33)(H,26,27,28). The number of rotatable bonds is 8. The average Bonchev–Trinajstić information content (AvgIpc) is 3.49. The van der Waals surface area contributed by atoms with E-state index in [9.17, 15) is 9.59 Å². The molecule has 0 saturated carbocycles. The number of aromatic nitrogens is 3. The van der Waals surface area contributed by atoms with Crippen LogP contribution in [0.4, 0.5) is 11.1 Å². The minimum atomic E-state index is -0.787. The zero-order chi connectivity index (χ0) is 23.8. The number of carbonyl (C=O) groups is 2. The van der Waals surface area contributed by atoms with E-state index in [-0.39, 0.29) is 18.1 Å². The summed E-state index contributed by atoms with van der Waals surface area (Å²) < 4.78 is 2.94. The van der Waals surface area contributed by atoms with Gasteiger partial charge in [0, 0.05) is 37.1 Å².